The van der Waals surface area contributed by atoms with E-state index in [2.05, 4.69) is 0 Å². The summed E-state index contributed by atoms with van der Waals surface area (Å²) >= 11 is 1.07. The minimum atomic E-state index is -0.942. The molecule has 0 saturated heterocycles. The van der Waals surface area contributed by atoms with Gasteiger partial charge in [-0.05, 0) is 26.0 Å². The Bertz CT molecular complexity index is 405. The maximum Gasteiger partial charge on any atom is 0.309 e. The van der Waals surface area contributed by atoms with Crippen LogP contribution in [0.15, 0.2) is 23.1 Å². The van der Waals surface area contributed by atoms with Crippen LogP contribution in [0.25, 0.3) is 0 Å². The summed E-state index contributed by atoms with van der Waals surface area (Å²) in [5, 5.41) is 8.87. The number of halogens is 2. The maximum absolute atomic E-state index is 13.2. The fourth-order valence-corrected chi connectivity index (χ4v) is 1.91. The Morgan fingerprint density at radius 3 is 2.56 bits per heavy atom. The molecule has 0 bridgehead atoms. The number of carboxylic acid groups (broad SMARTS) is 1. The molecule has 0 fully saturated rings. The Hall–Kier alpha value is -1.10. The first kappa shape index (κ1) is 13.0. The van der Waals surface area contributed by atoms with Crippen molar-refractivity contribution in [1.29, 1.82) is 0 Å². The van der Waals surface area contributed by atoms with E-state index in [1.807, 2.05) is 0 Å². The summed E-state index contributed by atoms with van der Waals surface area (Å²) in [5.74, 6) is -2.02. The molecule has 0 aliphatic rings. The fourth-order valence-electron chi connectivity index (χ4n) is 0.912. The first-order valence-electron chi connectivity index (χ1n) is 4.64. The average molecular weight is 246 g/mol. The number of hydrogen-bond donors (Lipinski definition) is 1. The Morgan fingerprint density at radius 1 is 1.44 bits per heavy atom. The van der Waals surface area contributed by atoms with Crippen molar-refractivity contribution in [2.24, 2.45) is 5.41 Å². The minimum Gasteiger partial charge on any atom is -0.481 e. The second-order valence-corrected chi connectivity index (χ2v) is 5.07. The highest BCUT2D eigenvalue weighted by atomic mass is 32.2. The molecular formula is C11H12F2O2S. The van der Waals surface area contributed by atoms with Gasteiger partial charge in [0.1, 0.15) is 11.6 Å². The SMILES string of the molecule is CC(C)(CSc1ccc(F)cc1F)C(=O)O. The van der Waals surface area contributed by atoms with E-state index < -0.39 is 23.0 Å². The molecule has 0 amide bonds. The van der Waals surface area contributed by atoms with Gasteiger partial charge in [-0.3, -0.25) is 4.79 Å². The summed E-state index contributed by atoms with van der Waals surface area (Å²) in [5.41, 5.74) is -0.939. The highest BCUT2D eigenvalue weighted by molar-refractivity contribution is 7.99. The Labute approximate surface area is 96.7 Å². The highest BCUT2D eigenvalue weighted by Crippen LogP contribution is 2.29. The van der Waals surface area contributed by atoms with Crippen molar-refractivity contribution in [2.45, 2.75) is 18.7 Å². The molecule has 0 heterocycles. The fraction of sp³-hybridized carbons (Fsp3) is 0.364. The lowest BCUT2D eigenvalue weighted by Crippen LogP contribution is -2.26. The zero-order chi connectivity index (χ0) is 12.3. The van der Waals surface area contributed by atoms with Gasteiger partial charge in [0.2, 0.25) is 0 Å². The molecule has 0 saturated carbocycles. The third kappa shape index (κ3) is 3.20. The van der Waals surface area contributed by atoms with E-state index >= 15 is 0 Å². The van der Waals surface area contributed by atoms with Crippen molar-refractivity contribution >= 4 is 17.7 Å². The van der Waals surface area contributed by atoms with Crippen molar-refractivity contribution in [3.8, 4) is 0 Å². The molecule has 0 unspecified atom stereocenters. The van der Waals surface area contributed by atoms with Crippen LogP contribution < -0.4 is 0 Å². The van der Waals surface area contributed by atoms with Gasteiger partial charge in [0, 0.05) is 16.7 Å². The molecule has 1 aromatic carbocycles. The van der Waals surface area contributed by atoms with Crippen LogP contribution in [0.3, 0.4) is 0 Å². The van der Waals surface area contributed by atoms with Gasteiger partial charge >= 0.3 is 5.97 Å². The minimum absolute atomic E-state index is 0.227. The van der Waals surface area contributed by atoms with Crippen LogP contribution >= 0.6 is 11.8 Å². The van der Waals surface area contributed by atoms with Crippen molar-refractivity contribution in [3.05, 3.63) is 29.8 Å². The summed E-state index contributed by atoms with van der Waals surface area (Å²) in [6.45, 7) is 3.12. The molecular weight excluding hydrogens is 234 g/mol. The molecule has 0 aromatic heterocycles. The number of carbonyl (C=O) groups is 1. The van der Waals surface area contributed by atoms with E-state index in [4.69, 9.17) is 5.11 Å². The van der Waals surface area contributed by atoms with Gasteiger partial charge in [0.05, 0.1) is 5.41 Å². The Kier molecular flexibility index (Phi) is 3.91. The largest absolute Gasteiger partial charge is 0.481 e. The number of carboxylic acids is 1. The first-order chi connectivity index (χ1) is 7.33. The van der Waals surface area contributed by atoms with Gasteiger partial charge in [-0.25, -0.2) is 8.78 Å². The van der Waals surface area contributed by atoms with Gasteiger partial charge in [0.25, 0.3) is 0 Å². The predicted octanol–water partition coefficient (Wildman–Crippen LogP) is 3.17. The van der Waals surface area contributed by atoms with Crippen LogP contribution in [0, 0.1) is 17.0 Å². The molecule has 0 atom stereocenters. The Balaban J connectivity index is 2.72. The van der Waals surface area contributed by atoms with Crippen LogP contribution in [-0.2, 0) is 4.79 Å². The normalized spacial score (nSPS) is 11.5. The number of rotatable bonds is 4. The van der Waals surface area contributed by atoms with Crippen LogP contribution in [0.5, 0.6) is 0 Å². The monoisotopic (exact) mass is 246 g/mol. The number of benzene rings is 1. The van der Waals surface area contributed by atoms with E-state index in [-0.39, 0.29) is 10.6 Å². The van der Waals surface area contributed by atoms with Gasteiger partial charge in [0.15, 0.2) is 0 Å². The number of hydrogen-bond acceptors (Lipinski definition) is 2. The summed E-state index contributed by atoms with van der Waals surface area (Å²) in [6.07, 6.45) is 0. The lowest BCUT2D eigenvalue weighted by atomic mass is 9.97. The molecule has 0 aliphatic carbocycles. The third-order valence-corrected chi connectivity index (χ3v) is 3.57. The number of aliphatic carboxylic acids is 1. The summed E-state index contributed by atoms with van der Waals surface area (Å²) in [6, 6.07) is 3.25. The zero-order valence-corrected chi connectivity index (χ0v) is 9.78. The predicted molar refractivity (Wildman–Crippen MR) is 58.5 cm³/mol. The van der Waals surface area contributed by atoms with E-state index in [0.717, 1.165) is 23.9 Å². The maximum atomic E-state index is 13.2. The molecule has 1 rings (SSSR count). The lowest BCUT2D eigenvalue weighted by Gasteiger charge is -2.18. The van der Waals surface area contributed by atoms with E-state index in [1.54, 1.807) is 13.8 Å². The van der Waals surface area contributed by atoms with Crippen LogP contribution in [0.2, 0.25) is 0 Å². The first-order valence-corrected chi connectivity index (χ1v) is 5.63. The van der Waals surface area contributed by atoms with Crippen molar-refractivity contribution < 1.29 is 18.7 Å². The third-order valence-electron chi connectivity index (χ3n) is 2.06. The van der Waals surface area contributed by atoms with Crippen LogP contribution in [0.4, 0.5) is 8.78 Å². The summed E-state index contributed by atoms with van der Waals surface area (Å²) in [4.78, 5) is 11.1. The molecule has 5 heteroatoms. The molecule has 2 nitrogen and oxygen atoms in total. The van der Waals surface area contributed by atoms with Gasteiger partial charge < -0.3 is 5.11 Å². The average Bonchev–Trinajstić information content (AvgIpc) is 2.16. The summed E-state index contributed by atoms with van der Waals surface area (Å²) in [7, 11) is 0. The number of thioether (sulfide) groups is 1. The summed E-state index contributed by atoms with van der Waals surface area (Å²) < 4.78 is 25.8. The molecule has 1 N–H and O–H groups in total. The molecule has 0 aliphatic heterocycles. The second-order valence-electron chi connectivity index (χ2n) is 4.05. The topological polar surface area (TPSA) is 37.3 Å². The lowest BCUT2D eigenvalue weighted by molar-refractivity contribution is -0.145. The molecule has 16 heavy (non-hydrogen) atoms. The molecule has 88 valence electrons. The van der Waals surface area contributed by atoms with Gasteiger partial charge in [-0.1, -0.05) is 0 Å². The van der Waals surface area contributed by atoms with Crippen LogP contribution in [-0.4, -0.2) is 16.8 Å². The van der Waals surface area contributed by atoms with Crippen molar-refractivity contribution in [2.75, 3.05) is 5.75 Å². The molecule has 1 aromatic rings. The smallest absolute Gasteiger partial charge is 0.309 e. The quantitative estimate of drug-likeness (QED) is 0.829. The van der Waals surface area contributed by atoms with Gasteiger partial charge in [-0.2, -0.15) is 0 Å². The molecule has 0 spiro atoms. The van der Waals surface area contributed by atoms with Crippen molar-refractivity contribution in [1.82, 2.24) is 0 Å². The van der Waals surface area contributed by atoms with E-state index in [1.165, 1.54) is 6.07 Å². The Morgan fingerprint density at radius 2 is 2.06 bits per heavy atom. The standard InChI is InChI=1S/C11H12F2O2S/c1-11(2,10(14)15)6-16-9-4-3-7(12)5-8(9)13/h3-5H,6H2,1-2H3,(H,14,15). The van der Waals surface area contributed by atoms with E-state index in [9.17, 15) is 13.6 Å². The molecule has 0 radical (unpaired) electrons. The van der Waals surface area contributed by atoms with Crippen molar-refractivity contribution in [3.63, 3.8) is 0 Å². The van der Waals surface area contributed by atoms with E-state index in [0.29, 0.717) is 0 Å². The second kappa shape index (κ2) is 4.82. The van der Waals surface area contributed by atoms with Crippen LogP contribution in [0.1, 0.15) is 13.8 Å². The zero-order valence-electron chi connectivity index (χ0n) is 8.96. The highest BCUT2D eigenvalue weighted by Gasteiger charge is 2.27. The van der Waals surface area contributed by atoms with Gasteiger partial charge in [-0.15, -0.1) is 11.8 Å².